The standard InChI is InChI=1S/C26H29N5OS/c32-23(28-20-9-3-1-4-10-20)18-31-25(24(29-26(31)33)22-13-7-8-15-27-22)19-14-16-30(17-19)21-11-5-2-6-12-21/h1,3-4,7-10,13-17,21,24-25H,2,5-6,11-12,18H2,(H,28,32)(H,29,33)/t24-,25-/m0/s1. The van der Waals surface area contributed by atoms with Gasteiger partial charge in [0.05, 0.1) is 17.8 Å². The number of aromatic nitrogens is 2. The van der Waals surface area contributed by atoms with Crippen molar-refractivity contribution in [3.63, 3.8) is 0 Å². The van der Waals surface area contributed by atoms with Gasteiger partial charge in [-0.2, -0.15) is 0 Å². The summed E-state index contributed by atoms with van der Waals surface area (Å²) in [6, 6.07) is 17.9. The first-order chi connectivity index (χ1) is 16.2. The van der Waals surface area contributed by atoms with Gasteiger partial charge in [0, 0.05) is 30.3 Å². The molecule has 1 aliphatic carbocycles. The number of thiocarbonyl (C=S) groups is 1. The highest BCUT2D eigenvalue weighted by atomic mass is 32.1. The smallest absolute Gasteiger partial charge is 0.244 e. The van der Waals surface area contributed by atoms with Crippen LogP contribution in [0, 0.1) is 0 Å². The molecule has 1 saturated heterocycles. The number of benzene rings is 1. The van der Waals surface area contributed by atoms with E-state index >= 15 is 0 Å². The van der Waals surface area contributed by atoms with E-state index < -0.39 is 0 Å². The number of carbonyl (C=O) groups excluding carboxylic acids is 1. The third kappa shape index (κ3) is 4.78. The van der Waals surface area contributed by atoms with E-state index in [4.69, 9.17) is 12.2 Å². The van der Waals surface area contributed by atoms with E-state index in [1.54, 1.807) is 6.20 Å². The van der Waals surface area contributed by atoms with Crippen molar-refractivity contribution in [1.82, 2.24) is 19.8 Å². The van der Waals surface area contributed by atoms with Crippen LogP contribution in [0.1, 0.15) is 61.5 Å². The lowest BCUT2D eigenvalue weighted by Gasteiger charge is -2.27. The summed E-state index contributed by atoms with van der Waals surface area (Å²) in [5.74, 6) is -0.0938. The van der Waals surface area contributed by atoms with Gasteiger partial charge in [0.15, 0.2) is 5.11 Å². The molecule has 0 bridgehead atoms. The first-order valence-corrected chi connectivity index (χ1v) is 12.1. The molecule has 1 aliphatic heterocycles. The number of anilines is 1. The number of carbonyl (C=O) groups is 1. The molecule has 7 heteroatoms. The van der Waals surface area contributed by atoms with Gasteiger partial charge in [-0.15, -0.1) is 0 Å². The molecule has 1 aromatic carbocycles. The van der Waals surface area contributed by atoms with E-state index in [1.165, 1.54) is 32.1 Å². The molecule has 5 rings (SSSR count). The van der Waals surface area contributed by atoms with Crippen LogP contribution in [0.4, 0.5) is 5.69 Å². The number of pyridine rings is 1. The first-order valence-electron chi connectivity index (χ1n) is 11.7. The van der Waals surface area contributed by atoms with Gasteiger partial charge in [-0.1, -0.05) is 43.5 Å². The molecule has 0 spiro atoms. The zero-order valence-corrected chi connectivity index (χ0v) is 19.4. The second-order valence-corrected chi connectivity index (χ2v) is 9.24. The fourth-order valence-electron chi connectivity index (χ4n) is 5.03. The lowest BCUT2D eigenvalue weighted by molar-refractivity contribution is -0.116. The van der Waals surface area contributed by atoms with Crippen molar-refractivity contribution in [2.75, 3.05) is 11.9 Å². The number of nitrogens with one attached hydrogen (secondary N) is 2. The predicted molar refractivity (Wildman–Crippen MR) is 134 cm³/mol. The van der Waals surface area contributed by atoms with E-state index in [0.717, 1.165) is 16.9 Å². The molecule has 2 aromatic heterocycles. The van der Waals surface area contributed by atoms with Crippen molar-refractivity contribution in [2.24, 2.45) is 0 Å². The van der Waals surface area contributed by atoms with Crippen molar-refractivity contribution in [2.45, 2.75) is 50.2 Å². The van der Waals surface area contributed by atoms with Gasteiger partial charge in [-0.25, -0.2) is 0 Å². The summed E-state index contributed by atoms with van der Waals surface area (Å²) in [7, 11) is 0. The maximum absolute atomic E-state index is 12.9. The Morgan fingerprint density at radius 3 is 2.61 bits per heavy atom. The predicted octanol–water partition coefficient (Wildman–Crippen LogP) is 5.00. The molecule has 2 aliphatic rings. The molecule has 33 heavy (non-hydrogen) atoms. The first kappa shape index (κ1) is 21.6. The molecule has 3 aromatic rings. The van der Waals surface area contributed by atoms with Gasteiger partial charge in [0.25, 0.3) is 0 Å². The number of nitrogens with zero attached hydrogens (tertiary/aromatic N) is 3. The van der Waals surface area contributed by atoms with Crippen LogP contribution in [0.25, 0.3) is 0 Å². The molecule has 2 fully saturated rings. The molecule has 0 unspecified atom stereocenters. The average Bonchev–Trinajstić information content (AvgIpc) is 3.46. The monoisotopic (exact) mass is 459 g/mol. The second kappa shape index (κ2) is 9.75. The van der Waals surface area contributed by atoms with Crippen LogP contribution in [-0.2, 0) is 4.79 Å². The molecule has 1 saturated carbocycles. The Morgan fingerprint density at radius 2 is 1.85 bits per heavy atom. The summed E-state index contributed by atoms with van der Waals surface area (Å²) in [5.41, 5.74) is 2.85. The van der Waals surface area contributed by atoms with E-state index in [2.05, 4.69) is 38.6 Å². The third-order valence-corrected chi connectivity index (χ3v) is 7.00. The molecule has 1 amide bonds. The fraction of sp³-hybridized carbons (Fsp3) is 0.346. The minimum Gasteiger partial charge on any atom is -0.352 e. The Morgan fingerprint density at radius 1 is 1.06 bits per heavy atom. The third-order valence-electron chi connectivity index (χ3n) is 6.64. The highest BCUT2D eigenvalue weighted by molar-refractivity contribution is 7.80. The van der Waals surface area contributed by atoms with E-state index in [9.17, 15) is 4.79 Å². The minimum atomic E-state index is -0.120. The highest BCUT2D eigenvalue weighted by Crippen LogP contribution is 2.39. The Bertz CT molecular complexity index is 1090. The number of amides is 1. The lowest BCUT2D eigenvalue weighted by Crippen LogP contribution is -2.37. The Balaban J connectivity index is 1.42. The molecule has 2 atom stereocenters. The Labute approximate surface area is 200 Å². The van der Waals surface area contributed by atoms with Crippen molar-refractivity contribution in [1.29, 1.82) is 0 Å². The number of para-hydroxylation sites is 1. The van der Waals surface area contributed by atoms with Crippen LogP contribution in [0.5, 0.6) is 0 Å². The summed E-state index contributed by atoms with van der Waals surface area (Å²) < 4.78 is 2.35. The largest absolute Gasteiger partial charge is 0.352 e. The quantitative estimate of drug-likeness (QED) is 0.508. The molecule has 170 valence electrons. The van der Waals surface area contributed by atoms with Crippen molar-refractivity contribution in [3.05, 3.63) is 84.4 Å². The normalized spacial score (nSPS) is 21.1. The summed E-state index contributed by atoms with van der Waals surface area (Å²) in [6.07, 6.45) is 12.6. The van der Waals surface area contributed by atoms with Crippen molar-refractivity contribution in [3.8, 4) is 0 Å². The number of hydrogen-bond donors (Lipinski definition) is 2. The van der Waals surface area contributed by atoms with E-state index in [0.29, 0.717) is 11.2 Å². The van der Waals surface area contributed by atoms with Gasteiger partial charge in [-0.05, 0) is 61.0 Å². The molecular formula is C26H29N5OS. The second-order valence-electron chi connectivity index (χ2n) is 8.85. The Hall–Kier alpha value is -3.19. The van der Waals surface area contributed by atoms with Crippen LogP contribution < -0.4 is 10.6 Å². The zero-order chi connectivity index (χ0) is 22.6. The summed E-state index contributed by atoms with van der Waals surface area (Å²) in [4.78, 5) is 19.5. The maximum atomic E-state index is 12.9. The van der Waals surface area contributed by atoms with E-state index in [1.807, 2.05) is 53.4 Å². The van der Waals surface area contributed by atoms with Gasteiger partial charge in [0.2, 0.25) is 5.91 Å². The average molecular weight is 460 g/mol. The molecule has 2 N–H and O–H groups in total. The van der Waals surface area contributed by atoms with Crippen LogP contribution >= 0.6 is 12.2 Å². The van der Waals surface area contributed by atoms with Gasteiger partial charge >= 0.3 is 0 Å². The van der Waals surface area contributed by atoms with Gasteiger partial charge in [-0.3, -0.25) is 9.78 Å². The topological polar surface area (TPSA) is 62.2 Å². The van der Waals surface area contributed by atoms with E-state index in [-0.39, 0.29) is 24.5 Å². The van der Waals surface area contributed by atoms with Gasteiger partial charge in [0.1, 0.15) is 6.54 Å². The molecule has 3 heterocycles. The lowest BCUT2D eigenvalue weighted by atomic mass is 9.95. The molecule has 6 nitrogen and oxygen atoms in total. The van der Waals surface area contributed by atoms with Crippen LogP contribution in [0.2, 0.25) is 0 Å². The Kier molecular flexibility index (Phi) is 6.39. The minimum absolute atomic E-state index is 0.0938. The summed E-state index contributed by atoms with van der Waals surface area (Å²) in [5, 5.41) is 6.99. The highest BCUT2D eigenvalue weighted by Gasteiger charge is 2.41. The molecule has 0 radical (unpaired) electrons. The number of hydrogen-bond acceptors (Lipinski definition) is 3. The molecular weight excluding hydrogens is 430 g/mol. The maximum Gasteiger partial charge on any atom is 0.244 e. The summed E-state index contributed by atoms with van der Waals surface area (Å²) >= 11 is 5.71. The SMILES string of the molecule is O=C(CN1C(=S)N[C@@H](c2ccccn2)[C@@H]1c1ccn(C2CCCCC2)c1)Nc1ccccc1. The van der Waals surface area contributed by atoms with Crippen molar-refractivity contribution >= 4 is 28.9 Å². The van der Waals surface area contributed by atoms with Crippen LogP contribution in [-0.4, -0.2) is 32.0 Å². The van der Waals surface area contributed by atoms with Crippen LogP contribution in [0.15, 0.2) is 73.2 Å². The number of rotatable bonds is 6. The summed E-state index contributed by atoms with van der Waals surface area (Å²) in [6.45, 7) is 0.170. The fourth-order valence-corrected chi connectivity index (χ4v) is 5.33. The van der Waals surface area contributed by atoms with Crippen molar-refractivity contribution < 1.29 is 4.79 Å². The van der Waals surface area contributed by atoms with Crippen LogP contribution in [0.3, 0.4) is 0 Å². The van der Waals surface area contributed by atoms with Gasteiger partial charge < -0.3 is 20.1 Å². The zero-order valence-electron chi connectivity index (χ0n) is 18.6.